The van der Waals surface area contributed by atoms with E-state index in [-0.39, 0.29) is 18.4 Å². The molecule has 0 unspecified atom stereocenters. The Balaban J connectivity index is 2.15. The molecule has 15 heavy (non-hydrogen) atoms. The first-order valence-corrected chi connectivity index (χ1v) is 4.54. The molecule has 1 aliphatic rings. The normalized spacial score (nSPS) is 16.1. The van der Waals surface area contributed by atoms with Crippen molar-refractivity contribution in [3.8, 4) is 0 Å². The predicted molar refractivity (Wildman–Crippen MR) is 50.6 cm³/mol. The lowest BCUT2D eigenvalue weighted by molar-refractivity contribution is -0.138. The molecule has 1 aliphatic heterocycles. The van der Waals surface area contributed by atoms with Crippen molar-refractivity contribution in [2.24, 2.45) is 0 Å². The zero-order chi connectivity index (χ0) is 11.0. The van der Waals surface area contributed by atoms with Crippen molar-refractivity contribution in [2.45, 2.75) is 20.4 Å². The van der Waals surface area contributed by atoms with E-state index in [0.29, 0.717) is 11.3 Å². The molecule has 2 heterocycles. The van der Waals surface area contributed by atoms with E-state index >= 15 is 0 Å². The van der Waals surface area contributed by atoms with Crippen LogP contribution in [0.4, 0.5) is 0 Å². The van der Waals surface area contributed by atoms with E-state index < -0.39 is 0 Å². The van der Waals surface area contributed by atoms with Crippen LogP contribution in [0.5, 0.6) is 0 Å². The molecule has 0 saturated heterocycles. The van der Waals surface area contributed by atoms with Gasteiger partial charge in [0, 0.05) is 17.7 Å². The predicted octanol–water partition coefficient (Wildman–Crippen LogP) is 0.798. The fourth-order valence-corrected chi connectivity index (χ4v) is 1.43. The zero-order valence-corrected chi connectivity index (χ0v) is 8.48. The SMILES string of the molecule is CC1=CC(=O)N(Cc2cc(C)no2)C1=O. The maximum absolute atomic E-state index is 11.5. The van der Waals surface area contributed by atoms with Gasteiger partial charge in [-0.05, 0) is 13.8 Å². The quantitative estimate of drug-likeness (QED) is 0.671. The minimum Gasteiger partial charge on any atom is -0.359 e. The van der Waals surface area contributed by atoms with Gasteiger partial charge in [-0.2, -0.15) is 0 Å². The fourth-order valence-electron chi connectivity index (χ4n) is 1.43. The molecule has 78 valence electrons. The summed E-state index contributed by atoms with van der Waals surface area (Å²) in [4.78, 5) is 24.0. The van der Waals surface area contributed by atoms with Gasteiger partial charge >= 0.3 is 0 Å². The number of hydrogen-bond acceptors (Lipinski definition) is 4. The lowest BCUT2D eigenvalue weighted by Gasteiger charge is -2.11. The molecule has 0 bridgehead atoms. The molecule has 0 saturated carbocycles. The number of imide groups is 1. The van der Waals surface area contributed by atoms with Crippen molar-refractivity contribution in [1.29, 1.82) is 0 Å². The van der Waals surface area contributed by atoms with Gasteiger partial charge in [0.05, 0.1) is 12.2 Å². The van der Waals surface area contributed by atoms with Gasteiger partial charge < -0.3 is 4.52 Å². The van der Waals surface area contributed by atoms with E-state index in [0.717, 1.165) is 10.6 Å². The zero-order valence-electron chi connectivity index (χ0n) is 8.48. The number of amides is 2. The molecular weight excluding hydrogens is 196 g/mol. The molecule has 0 aliphatic carbocycles. The van der Waals surface area contributed by atoms with Crippen molar-refractivity contribution in [3.05, 3.63) is 29.2 Å². The van der Waals surface area contributed by atoms with Crippen molar-refractivity contribution >= 4 is 11.8 Å². The molecule has 1 aromatic rings. The third-order valence-electron chi connectivity index (χ3n) is 2.18. The number of carbonyl (C=O) groups is 2. The Morgan fingerprint density at radius 1 is 1.40 bits per heavy atom. The number of carbonyl (C=O) groups excluding carboxylic acids is 2. The van der Waals surface area contributed by atoms with Crippen molar-refractivity contribution in [3.63, 3.8) is 0 Å². The molecule has 5 nitrogen and oxygen atoms in total. The lowest BCUT2D eigenvalue weighted by atomic mass is 10.3. The summed E-state index contributed by atoms with van der Waals surface area (Å²) >= 11 is 0. The molecule has 0 fully saturated rings. The van der Waals surface area contributed by atoms with Gasteiger partial charge in [0.15, 0.2) is 5.76 Å². The summed E-state index contributed by atoms with van der Waals surface area (Å²) in [5, 5.41) is 3.69. The van der Waals surface area contributed by atoms with Gasteiger partial charge in [-0.1, -0.05) is 5.16 Å². The Hall–Kier alpha value is -1.91. The van der Waals surface area contributed by atoms with E-state index in [1.165, 1.54) is 6.08 Å². The molecule has 0 aromatic carbocycles. The van der Waals surface area contributed by atoms with Crippen LogP contribution in [0.2, 0.25) is 0 Å². The highest BCUT2D eigenvalue weighted by Gasteiger charge is 2.29. The Morgan fingerprint density at radius 2 is 2.13 bits per heavy atom. The first-order valence-electron chi connectivity index (χ1n) is 4.54. The summed E-state index contributed by atoms with van der Waals surface area (Å²) in [7, 11) is 0. The van der Waals surface area contributed by atoms with Crippen molar-refractivity contribution < 1.29 is 14.1 Å². The number of aryl methyl sites for hydroxylation is 1. The van der Waals surface area contributed by atoms with Crippen LogP contribution in [-0.4, -0.2) is 21.9 Å². The maximum atomic E-state index is 11.5. The Kier molecular flexibility index (Phi) is 2.15. The van der Waals surface area contributed by atoms with E-state index in [9.17, 15) is 9.59 Å². The third kappa shape index (κ3) is 1.68. The molecule has 0 spiro atoms. The molecule has 1 aromatic heterocycles. The highest BCUT2D eigenvalue weighted by Crippen LogP contribution is 2.15. The van der Waals surface area contributed by atoms with Crippen LogP contribution in [0.25, 0.3) is 0 Å². The van der Waals surface area contributed by atoms with Crippen LogP contribution in [-0.2, 0) is 16.1 Å². The van der Waals surface area contributed by atoms with Crippen molar-refractivity contribution in [1.82, 2.24) is 10.1 Å². The minimum atomic E-state index is -0.299. The monoisotopic (exact) mass is 206 g/mol. The summed E-state index contributed by atoms with van der Waals surface area (Å²) in [5.41, 5.74) is 1.19. The summed E-state index contributed by atoms with van der Waals surface area (Å²) < 4.78 is 4.94. The Bertz CT molecular complexity index is 459. The summed E-state index contributed by atoms with van der Waals surface area (Å²) in [5.74, 6) is -0.0575. The molecule has 0 atom stereocenters. The van der Waals surface area contributed by atoms with Gasteiger partial charge in [0.1, 0.15) is 0 Å². The first-order chi connectivity index (χ1) is 7.08. The van der Waals surface area contributed by atoms with Crippen LogP contribution < -0.4 is 0 Å². The number of hydrogen-bond donors (Lipinski definition) is 0. The van der Waals surface area contributed by atoms with Crippen LogP contribution in [0, 0.1) is 6.92 Å². The fraction of sp³-hybridized carbons (Fsp3) is 0.300. The summed E-state index contributed by atoms with van der Waals surface area (Å²) in [6.45, 7) is 3.54. The molecule has 2 amide bonds. The highest BCUT2D eigenvalue weighted by atomic mass is 16.5. The Morgan fingerprint density at radius 3 is 2.60 bits per heavy atom. The molecular formula is C10H10N2O3. The number of nitrogens with zero attached hydrogens (tertiary/aromatic N) is 2. The van der Waals surface area contributed by atoms with Crippen LogP contribution in [0.3, 0.4) is 0 Å². The average molecular weight is 206 g/mol. The summed E-state index contributed by atoms with van der Waals surface area (Å²) in [6.07, 6.45) is 1.32. The second kappa shape index (κ2) is 3.34. The topological polar surface area (TPSA) is 63.4 Å². The van der Waals surface area contributed by atoms with E-state index in [2.05, 4.69) is 5.16 Å². The van der Waals surface area contributed by atoms with Crippen LogP contribution in [0.15, 0.2) is 22.2 Å². The van der Waals surface area contributed by atoms with Crippen molar-refractivity contribution in [2.75, 3.05) is 0 Å². The van der Waals surface area contributed by atoms with Gasteiger partial charge in [-0.15, -0.1) is 0 Å². The molecule has 0 N–H and O–H groups in total. The van der Waals surface area contributed by atoms with Gasteiger partial charge in [-0.3, -0.25) is 14.5 Å². The maximum Gasteiger partial charge on any atom is 0.256 e. The molecule has 5 heteroatoms. The molecule has 2 rings (SSSR count). The largest absolute Gasteiger partial charge is 0.359 e. The second-order valence-electron chi connectivity index (χ2n) is 3.49. The van der Waals surface area contributed by atoms with Crippen LogP contribution >= 0.6 is 0 Å². The lowest BCUT2D eigenvalue weighted by Crippen LogP contribution is -2.29. The Labute approximate surface area is 86.3 Å². The third-order valence-corrected chi connectivity index (χ3v) is 2.18. The summed E-state index contributed by atoms with van der Waals surface area (Å²) in [6, 6.07) is 1.70. The molecule has 0 radical (unpaired) electrons. The first kappa shape index (κ1) is 9.64. The number of aromatic nitrogens is 1. The minimum absolute atomic E-state index is 0.145. The number of rotatable bonds is 2. The van der Waals surface area contributed by atoms with Gasteiger partial charge in [0.2, 0.25) is 0 Å². The van der Waals surface area contributed by atoms with E-state index in [1.54, 1.807) is 19.9 Å². The highest BCUT2D eigenvalue weighted by molar-refractivity contribution is 6.15. The van der Waals surface area contributed by atoms with Crippen LogP contribution in [0.1, 0.15) is 18.4 Å². The average Bonchev–Trinajstić information content (AvgIpc) is 2.67. The van der Waals surface area contributed by atoms with E-state index in [1.807, 2.05) is 0 Å². The van der Waals surface area contributed by atoms with Gasteiger partial charge in [0.25, 0.3) is 11.8 Å². The standard InChI is InChI=1S/C10H10N2O3/c1-6-3-9(13)12(10(6)14)5-8-4-7(2)11-15-8/h3-4H,5H2,1-2H3. The second-order valence-corrected chi connectivity index (χ2v) is 3.49. The van der Waals surface area contributed by atoms with Gasteiger partial charge in [-0.25, -0.2) is 0 Å². The van der Waals surface area contributed by atoms with E-state index in [4.69, 9.17) is 4.52 Å². The smallest absolute Gasteiger partial charge is 0.256 e.